The lowest BCUT2D eigenvalue weighted by molar-refractivity contribution is -0.0511. The van der Waals surface area contributed by atoms with Crippen LogP contribution in [-0.4, -0.2) is 59.8 Å². The number of benzene rings is 2. The zero-order chi connectivity index (χ0) is 20.0. The third kappa shape index (κ3) is 2.91. The van der Waals surface area contributed by atoms with E-state index in [-0.39, 0.29) is 0 Å². The zero-order valence-corrected chi connectivity index (χ0v) is 15.3. The Bertz CT molecular complexity index is 1170. The van der Waals surface area contributed by atoms with Crippen LogP contribution in [0.25, 0.3) is 21.9 Å². The van der Waals surface area contributed by atoms with Gasteiger partial charge in [0.1, 0.15) is 24.6 Å². The van der Waals surface area contributed by atoms with Gasteiger partial charge in [-0.2, -0.15) is 0 Å². The van der Waals surface area contributed by atoms with Gasteiger partial charge in [-0.1, -0.05) is 36.4 Å². The number of hydrogen-bond acceptors (Lipinski definition) is 8. The normalized spacial score (nSPS) is 24.4. The molecule has 4 atom stereocenters. The fraction of sp³-hybridized carbons (Fsp3) is 0.250. The SMILES string of the molecule is OC[C@H]1O[C@@H](n2cnc3c(Nc4cccc5ccccc45)ncnc32)[C@H](O)[C@@H]1O. The highest BCUT2D eigenvalue weighted by molar-refractivity contribution is 5.97. The van der Waals surface area contributed by atoms with Gasteiger partial charge in [-0.25, -0.2) is 15.0 Å². The molecule has 1 aliphatic rings. The van der Waals surface area contributed by atoms with E-state index in [4.69, 9.17) is 4.74 Å². The van der Waals surface area contributed by atoms with E-state index < -0.39 is 31.1 Å². The Morgan fingerprint density at radius 2 is 1.83 bits per heavy atom. The average Bonchev–Trinajstić information content (AvgIpc) is 3.30. The quantitative estimate of drug-likeness (QED) is 0.409. The Morgan fingerprint density at radius 1 is 1.00 bits per heavy atom. The van der Waals surface area contributed by atoms with Crippen LogP contribution in [0.2, 0.25) is 0 Å². The molecule has 4 N–H and O–H groups in total. The van der Waals surface area contributed by atoms with E-state index in [0.29, 0.717) is 17.0 Å². The molecule has 1 saturated heterocycles. The summed E-state index contributed by atoms with van der Waals surface area (Å²) in [6.45, 7) is -0.399. The van der Waals surface area contributed by atoms with Crippen LogP contribution in [0, 0.1) is 0 Å². The number of fused-ring (bicyclic) bond motifs is 2. The van der Waals surface area contributed by atoms with E-state index in [9.17, 15) is 15.3 Å². The summed E-state index contributed by atoms with van der Waals surface area (Å²) in [5, 5.41) is 35.1. The van der Waals surface area contributed by atoms with E-state index in [2.05, 4.69) is 20.3 Å². The fourth-order valence-electron chi connectivity index (χ4n) is 3.70. The predicted octanol–water partition coefficient (Wildman–Crippen LogP) is 1.33. The summed E-state index contributed by atoms with van der Waals surface area (Å²) in [5.41, 5.74) is 1.82. The summed E-state index contributed by atoms with van der Waals surface area (Å²) in [4.78, 5) is 13.0. The molecule has 0 saturated carbocycles. The summed E-state index contributed by atoms with van der Waals surface area (Å²) in [5.74, 6) is 0.511. The summed E-state index contributed by atoms with van der Waals surface area (Å²) in [6.07, 6.45) is -1.31. The first kappa shape index (κ1) is 18.0. The molecule has 0 radical (unpaired) electrons. The molecule has 29 heavy (non-hydrogen) atoms. The standard InChI is InChI=1S/C20H19N5O4/c26-8-14-16(27)17(28)20(29-14)25-10-23-15-18(21-9-22-19(15)25)24-13-7-3-5-11-4-1-2-6-12(11)13/h1-7,9-10,14,16-17,20,26-28H,8H2,(H,21,22,24)/t14-,16-,17-,20-/m1/s1. The largest absolute Gasteiger partial charge is 0.394 e. The Kier molecular flexibility index (Phi) is 4.36. The van der Waals surface area contributed by atoms with Crippen molar-refractivity contribution in [1.82, 2.24) is 19.5 Å². The number of nitrogens with one attached hydrogen (secondary N) is 1. The van der Waals surface area contributed by atoms with Crippen LogP contribution in [0.1, 0.15) is 6.23 Å². The fourth-order valence-corrected chi connectivity index (χ4v) is 3.70. The molecule has 0 bridgehead atoms. The topological polar surface area (TPSA) is 126 Å². The van der Waals surface area contributed by atoms with Crippen LogP contribution in [0.3, 0.4) is 0 Å². The number of hydrogen-bond donors (Lipinski definition) is 4. The lowest BCUT2D eigenvalue weighted by Crippen LogP contribution is -2.33. The number of rotatable bonds is 4. The maximum atomic E-state index is 10.3. The molecule has 148 valence electrons. The predicted molar refractivity (Wildman–Crippen MR) is 106 cm³/mol. The van der Waals surface area contributed by atoms with Crippen LogP contribution in [0.15, 0.2) is 55.1 Å². The summed E-state index contributed by atoms with van der Waals surface area (Å²) in [7, 11) is 0. The Hall–Kier alpha value is -3.11. The molecule has 5 rings (SSSR count). The highest BCUT2D eigenvalue weighted by Crippen LogP contribution is 2.33. The molecule has 9 heteroatoms. The summed E-state index contributed by atoms with van der Waals surface area (Å²) >= 11 is 0. The van der Waals surface area contributed by atoms with Gasteiger partial charge in [0, 0.05) is 11.1 Å². The van der Waals surface area contributed by atoms with Gasteiger partial charge in [0.15, 0.2) is 23.2 Å². The maximum absolute atomic E-state index is 10.3. The second kappa shape index (κ2) is 7.05. The molecule has 2 aromatic carbocycles. The van der Waals surface area contributed by atoms with Gasteiger partial charge >= 0.3 is 0 Å². The molecule has 1 fully saturated rings. The molecule has 3 heterocycles. The highest BCUT2D eigenvalue weighted by atomic mass is 16.6. The smallest absolute Gasteiger partial charge is 0.167 e. The van der Waals surface area contributed by atoms with Crippen molar-refractivity contribution >= 4 is 33.4 Å². The van der Waals surface area contributed by atoms with Gasteiger partial charge in [0.2, 0.25) is 0 Å². The number of aliphatic hydroxyl groups is 3. The molecule has 4 aromatic rings. The Morgan fingerprint density at radius 3 is 2.66 bits per heavy atom. The first-order chi connectivity index (χ1) is 14.2. The lowest BCUT2D eigenvalue weighted by atomic mass is 10.1. The number of ether oxygens (including phenoxy) is 1. The van der Waals surface area contributed by atoms with E-state index in [1.165, 1.54) is 17.2 Å². The first-order valence-corrected chi connectivity index (χ1v) is 9.22. The van der Waals surface area contributed by atoms with Crippen molar-refractivity contribution in [3.8, 4) is 0 Å². The van der Waals surface area contributed by atoms with E-state index in [1.807, 2.05) is 42.5 Å². The third-order valence-electron chi connectivity index (χ3n) is 5.19. The zero-order valence-electron chi connectivity index (χ0n) is 15.3. The van der Waals surface area contributed by atoms with Crippen LogP contribution in [0.4, 0.5) is 11.5 Å². The van der Waals surface area contributed by atoms with E-state index in [1.54, 1.807) is 0 Å². The number of aromatic nitrogens is 4. The van der Waals surface area contributed by atoms with Crippen LogP contribution >= 0.6 is 0 Å². The van der Waals surface area contributed by atoms with Gasteiger partial charge in [-0.15, -0.1) is 0 Å². The average molecular weight is 393 g/mol. The van der Waals surface area contributed by atoms with Crippen molar-refractivity contribution in [2.24, 2.45) is 0 Å². The van der Waals surface area contributed by atoms with E-state index >= 15 is 0 Å². The van der Waals surface area contributed by atoms with Crippen molar-refractivity contribution in [2.45, 2.75) is 24.5 Å². The molecule has 9 nitrogen and oxygen atoms in total. The van der Waals surface area contributed by atoms with Gasteiger partial charge in [0.25, 0.3) is 0 Å². The molecule has 0 amide bonds. The van der Waals surface area contributed by atoms with Crippen molar-refractivity contribution in [3.63, 3.8) is 0 Å². The molecule has 0 aliphatic carbocycles. The number of imidazole rings is 1. The lowest BCUT2D eigenvalue weighted by Gasteiger charge is -2.16. The highest BCUT2D eigenvalue weighted by Gasteiger charge is 2.44. The molecule has 0 unspecified atom stereocenters. The van der Waals surface area contributed by atoms with Crippen molar-refractivity contribution in [3.05, 3.63) is 55.1 Å². The van der Waals surface area contributed by atoms with E-state index in [0.717, 1.165) is 16.5 Å². The summed E-state index contributed by atoms with van der Waals surface area (Å²) < 4.78 is 7.13. The van der Waals surface area contributed by atoms with Gasteiger partial charge in [-0.3, -0.25) is 4.57 Å². The number of nitrogens with zero attached hydrogens (tertiary/aromatic N) is 4. The Balaban J connectivity index is 1.54. The monoisotopic (exact) mass is 393 g/mol. The minimum atomic E-state index is -1.21. The second-order valence-electron chi connectivity index (χ2n) is 6.93. The molecular formula is C20H19N5O4. The van der Waals surface area contributed by atoms with Crippen LogP contribution < -0.4 is 5.32 Å². The third-order valence-corrected chi connectivity index (χ3v) is 5.19. The minimum Gasteiger partial charge on any atom is -0.394 e. The van der Waals surface area contributed by atoms with Gasteiger partial charge in [0.05, 0.1) is 12.9 Å². The van der Waals surface area contributed by atoms with Gasteiger partial charge < -0.3 is 25.4 Å². The molecular weight excluding hydrogens is 374 g/mol. The molecule has 0 spiro atoms. The summed E-state index contributed by atoms with van der Waals surface area (Å²) in [6, 6.07) is 14.0. The van der Waals surface area contributed by atoms with Crippen LogP contribution in [0.5, 0.6) is 0 Å². The maximum Gasteiger partial charge on any atom is 0.167 e. The Labute approximate surface area is 165 Å². The second-order valence-corrected chi connectivity index (χ2v) is 6.93. The molecule has 2 aromatic heterocycles. The number of aliphatic hydroxyl groups excluding tert-OH is 3. The first-order valence-electron chi connectivity index (χ1n) is 9.22. The van der Waals surface area contributed by atoms with Crippen molar-refractivity contribution in [1.29, 1.82) is 0 Å². The van der Waals surface area contributed by atoms with Gasteiger partial charge in [-0.05, 0) is 11.5 Å². The van der Waals surface area contributed by atoms with Crippen molar-refractivity contribution in [2.75, 3.05) is 11.9 Å². The number of anilines is 2. The van der Waals surface area contributed by atoms with Crippen LogP contribution in [-0.2, 0) is 4.74 Å². The van der Waals surface area contributed by atoms with Crippen molar-refractivity contribution < 1.29 is 20.1 Å². The molecule has 1 aliphatic heterocycles. The minimum absolute atomic E-state index is 0.399.